The molecule has 0 aromatic carbocycles. The van der Waals surface area contributed by atoms with Crippen molar-refractivity contribution in [3.05, 3.63) is 11.1 Å². The van der Waals surface area contributed by atoms with Crippen molar-refractivity contribution in [3.63, 3.8) is 0 Å². The van der Waals surface area contributed by atoms with E-state index in [9.17, 15) is 9.59 Å². The fourth-order valence-electron chi connectivity index (χ4n) is 3.21. The molecule has 1 fully saturated rings. The number of hydrogen-bond acceptors (Lipinski definition) is 7. The van der Waals surface area contributed by atoms with Crippen molar-refractivity contribution >= 4 is 40.2 Å². The van der Waals surface area contributed by atoms with Crippen LogP contribution in [0.25, 0.3) is 0 Å². The van der Waals surface area contributed by atoms with Gasteiger partial charge in [-0.25, -0.2) is 4.79 Å². The summed E-state index contributed by atoms with van der Waals surface area (Å²) in [7, 11) is 0. The zero-order valence-corrected chi connectivity index (χ0v) is 20.6. The SMILES string of the molecule is CCCCN(/C=C(/SC(=S)N1CCCC(C(=O)OCC)C1)C(=O)OCC)CCCC. The number of likely N-dealkylation sites (tertiary alicyclic amines) is 1. The Morgan fingerprint density at radius 2 is 1.73 bits per heavy atom. The topological polar surface area (TPSA) is 59.1 Å². The molecular formula is C22H38N2O4S2. The Morgan fingerprint density at radius 3 is 2.30 bits per heavy atom. The van der Waals surface area contributed by atoms with Crippen molar-refractivity contribution in [1.29, 1.82) is 0 Å². The highest BCUT2D eigenvalue weighted by molar-refractivity contribution is 8.25. The van der Waals surface area contributed by atoms with Crippen LogP contribution in [0.3, 0.4) is 0 Å². The summed E-state index contributed by atoms with van der Waals surface area (Å²) in [5, 5.41) is 0. The van der Waals surface area contributed by atoms with Gasteiger partial charge in [0.2, 0.25) is 0 Å². The molecule has 0 saturated carbocycles. The second-order valence-electron chi connectivity index (χ2n) is 7.36. The molecule has 1 unspecified atom stereocenters. The van der Waals surface area contributed by atoms with E-state index >= 15 is 0 Å². The highest BCUT2D eigenvalue weighted by atomic mass is 32.2. The molecule has 0 bridgehead atoms. The van der Waals surface area contributed by atoms with E-state index in [0.29, 0.717) is 29.0 Å². The molecule has 1 atom stereocenters. The van der Waals surface area contributed by atoms with Gasteiger partial charge in [-0.15, -0.1) is 0 Å². The van der Waals surface area contributed by atoms with Gasteiger partial charge in [0.05, 0.1) is 19.1 Å². The molecule has 0 aromatic rings. The lowest BCUT2D eigenvalue weighted by atomic mass is 9.99. The molecule has 1 aliphatic rings. The number of unbranched alkanes of at least 4 members (excludes halogenated alkanes) is 2. The minimum absolute atomic E-state index is 0.165. The van der Waals surface area contributed by atoms with Crippen LogP contribution in [0, 0.1) is 5.92 Å². The maximum Gasteiger partial charge on any atom is 0.346 e. The zero-order chi connectivity index (χ0) is 22.4. The molecule has 0 aliphatic carbocycles. The highest BCUT2D eigenvalue weighted by Crippen LogP contribution is 2.27. The van der Waals surface area contributed by atoms with Gasteiger partial charge in [-0.3, -0.25) is 4.79 Å². The van der Waals surface area contributed by atoms with E-state index in [2.05, 4.69) is 18.7 Å². The van der Waals surface area contributed by atoms with E-state index in [-0.39, 0.29) is 17.9 Å². The maximum atomic E-state index is 12.6. The summed E-state index contributed by atoms with van der Waals surface area (Å²) in [5.41, 5.74) is 0. The van der Waals surface area contributed by atoms with Gasteiger partial charge in [-0.1, -0.05) is 50.7 Å². The fourth-order valence-corrected chi connectivity index (χ4v) is 4.47. The van der Waals surface area contributed by atoms with Gasteiger partial charge in [-0.05, 0) is 39.5 Å². The maximum absolute atomic E-state index is 12.6. The first-order valence-electron chi connectivity index (χ1n) is 11.2. The third-order valence-electron chi connectivity index (χ3n) is 4.87. The first-order valence-corrected chi connectivity index (χ1v) is 12.4. The fraction of sp³-hybridized carbons (Fsp3) is 0.773. The Balaban J connectivity index is 2.90. The lowest BCUT2D eigenvalue weighted by Gasteiger charge is -2.33. The summed E-state index contributed by atoms with van der Waals surface area (Å²) < 4.78 is 11.1. The van der Waals surface area contributed by atoms with Crippen LogP contribution in [-0.4, -0.2) is 65.5 Å². The van der Waals surface area contributed by atoms with E-state index in [0.717, 1.165) is 58.2 Å². The number of nitrogens with zero attached hydrogens (tertiary/aromatic N) is 2. The largest absolute Gasteiger partial charge is 0.466 e. The predicted molar refractivity (Wildman–Crippen MR) is 127 cm³/mol. The second kappa shape index (κ2) is 15.5. The van der Waals surface area contributed by atoms with Crippen molar-refractivity contribution in [3.8, 4) is 0 Å². The highest BCUT2D eigenvalue weighted by Gasteiger charge is 2.29. The number of carbonyl (C=O) groups is 2. The standard InChI is InChI=1S/C22H38N2O4S2/c1-5-9-13-23(14-10-6-2)17-19(21(26)28-8-4)30-22(29)24-15-11-12-18(16-24)20(25)27-7-3/h17-18H,5-16H2,1-4H3/b19-17+. The normalized spacial score (nSPS) is 16.9. The molecular weight excluding hydrogens is 420 g/mol. The Bertz CT molecular complexity index is 575. The van der Waals surface area contributed by atoms with Crippen LogP contribution in [0.5, 0.6) is 0 Å². The Hall–Kier alpha value is -1.28. The van der Waals surface area contributed by atoms with Gasteiger partial charge < -0.3 is 19.3 Å². The van der Waals surface area contributed by atoms with Gasteiger partial charge in [-0.2, -0.15) is 0 Å². The van der Waals surface area contributed by atoms with E-state index in [1.54, 1.807) is 6.92 Å². The minimum atomic E-state index is -0.346. The molecule has 8 heteroatoms. The molecule has 0 aromatic heterocycles. The smallest absolute Gasteiger partial charge is 0.346 e. The lowest BCUT2D eigenvalue weighted by molar-refractivity contribution is -0.149. The summed E-state index contributed by atoms with van der Waals surface area (Å²) in [5.74, 6) is -0.679. The quantitative estimate of drug-likeness (QED) is 0.239. The summed E-state index contributed by atoms with van der Waals surface area (Å²) in [6, 6.07) is 0. The second-order valence-corrected chi connectivity index (χ2v) is 9.04. The van der Waals surface area contributed by atoms with Crippen molar-refractivity contribution < 1.29 is 19.1 Å². The van der Waals surface area contributed by atoms with Gasteiger partial charge in [0.1, 0.15) is 9.23 Å². The molecule has 0 amide bonds. The molecule has 1 rings (SSSR count). The Kier molecular flexibility index (Phi) is 13.8. The molecule has 1 aliphatic heterocycles. The number of rotatable bonds is 12. The molecule has 1 heterocycles. The first kappa shape index (κ1) is 26.8. The summed E-state index contributed by atoms with van der Waals surface area (Å²) in [6.45, 7) is 11.8. The van der Waals surface area contributed by atoms with Gasteiger partial charge in [0, 0.05) is 32.4 Å². The van der Waals surface area contributed by atoms with Crippen LogP contribution in [0.4, 0.5) is 0 Å². The summed E-state index contributed by atoms with van der Waals surface area (Å²) in [4.78, 5) is 29.5. The van der Waals surface area contributed by atoms with Gasteiger partial charge >= 0.3 is 11.9 Å². The van der Waals surface area contributed by atoms with Gasteiger partial charge in [0.25, 0.3) is 0 Å². The molecule has 6 nitrogen and oxygen atoms in total. The third-order valence-corrected chi connectivity index (χ3v) is 6.30. The number of esters is 2. The number of thioether (sulfide) groups is 1. The molecule has 0 radical (unpaired) electrons. The molecule has 0 N–H and O–H groups in total. The van der Waals surface area contributed by atoms with Crippen LogP contribution in [0.2, 0.25) is 0 Å². The monoisotopic (exact) mass is 458 g/mol. The first-order chi connectivity index (χ1) is 14.5. The van der Waals surface area contributed by atoms with E-state index < -0.39 is 0 Å². The van der Waals surface area contributed by atoms with E-state index in [1.807, 2.05) is 18.0 Å². The van der Waals surface area contributed by atoms with E-state index in [4.69, 9.17) is 21.7 Å². The number of thiocarbonyl (C=S) groups is 1. The zero-order valence-electron chi connectivity index (χ0n) is 19.0. The average Bonchev–Trinajstić information content (AvgIpc) is 2.75. The summed E-state index contributed by atoms with van der Waals surface area (Å²) >= 11 is 6.93. The number of carbonyl (C=O) groups excluding carboxylic acids is 2. The number of ether oxygens (including phenoxy) is 2. The average molecular weight is 459 g/mol. The summed E-state index contributed by atoms with van der Waals surface area (Å²) in [6.07, 6.45) is 7.93. The molecule has 172 valence electrons. The van der Waals surface area contributed by atoms with Crippen molar-refractivity contribution in [1.82, 2.24) is 9.80 Å². The van der Waals surface area contributed by atoms with Crippen molar-refractivity contribution in [2.75, 3.05) is 39.4 Å². The van der Waals surface area contributed by atoms with Crippen LogP contribution >= 0.6 is 24.0 Å². The lowest BCUT2D eigenvalue weighted by Crippen LogP contribution is -2.41. The van der Waals surface area contributed by atoms with Crippen LogP contribution < -0.4 is 0 Å². The van der Waals surface area contributed by atoms with Crippen molar-refractivity contribution in [2.24, 2.45) is 5.92 Å². The molecule has 1 saturated heterocycles. The Labute approximate surface area is 191 Å². The molecule has 0 spiro atoms. The number of piperidine rings is 1. The van der Waals surface area contributed by atoms with E-state index in [1.165, 1.54) is 11.8 Å². The number of hydrogen-bond donors (Lipinski definition) is 0. The van der Waals surface area contributed by atoms with Crippen LogP contribution in [-0.2, 0) is 19.1 Å². The van der Waals surface area contributed by atoms with Crippen LogP contribution in [0.1, 0.15) is 66.2 Å². The minimum Gasteiger partial charge on any atom is -0.466 e. The predicted octanol–water partition coefficient (Wildman–Crippen LogP) is 4.59. The van der Waals surface area contributed by atoms with Crippen molar-refractivity contribution in [2.45, 2.75) is 66.2 Å². The van der Waals surface area contributed by atoms with Crippen LogP contribution in [0.15, 0.2) is 11.1 Å². The van der Waals surface area contributed by atoms with Gasteiger partial charge in [0.15, 0.2) is 0 Å². The Morgan fingerprint density at radius 1 is 1.10 bits per heavy atom. The molecule has 30 heavy (non-hydrogen) atoms. The third kappa shape index (κ3) is 9.69.